The highest BCUT2D eigenvalue weighted by Gasteiger charge is 2.09. The molecule has 0 radical (unpaired) electrons. The highest BCUT2D eigenvalue weighted by molar-refractivity contribution is 7.99. The van der Waals surface area contributed by atoms with Crippen LogP contribution in [0.4, 0.5) is 0 Å². The van der Waals surface area contributed by atoms with Gasteiger partial charge in [0.25, 0.3) is 0 Å². The Morgan fingerprint density at radius 2 is 1.74 bits per heavy atom. The van der Waals surface area contributed by atoms with E-state index in [-0.39, 0.29) is 6.04 Å². The predicted molar refractivity (Wildman–Crippen MR) is 85.3 cm³/mol. The molecular formula is C15H15Cl2NS. The molecule has 0 aliphatic heterocycles. The zero-order valence-electron chi connectivity index (χ0n) is 10.4. The first-order chi connectivity index (χ1) is 9.16. The van der Waals surface area contributed by atoms with E-state index < -0.39 is 0 Å². The van der Waals surface area contributed by atoms with E-state index in [4.69, 9.17) is 28.9 Å². The quantitative estimate of drug-likeness (QED) is 0.813. The summed E-state index contributed by atoms with van der Waals surface area (Å²) in [5, 5.41) is 1.20. The minimum Gasteiger partial charge on any atom is -0.327 e. The molecule has 0 aliphatic rings. The first kappa shape index (κ1) is 14.7. The van der Waals surface area contributed by atoms with Gasteiger partial charge in [-0.1, -0.05) is 53.5 Å². The van der Waals surface area contributed by atoms with Crippen LogP contribution in [0.5, 0.6) is 0 Å². The largest absolute Gasteiger partial charge is 0.327 e. The minimum atomic E-state index is 0.0566. The SMILES string of the molecule is NC(CSc1ccccc1)Cc1cccc(Cl)c1Cl. The Bertz CT molecular complexity index is 531. The van der Waals surface area contributed by atoms with Crippen molar-refractivity contribution in [1.82, 2.24) is 0 Å². The van der Waals surface area contributed by atoms with Crippen LogP contribution < -0.4 is 5.73 Å². The van der Waals surface area contributed by atoms with Gasteiger partial charge >= 0.3 is 0 Å². The smallest absolute Gasteiger partial charge is 0.0624 e. The fourth-order valence-corrected chi connectivity index (χ4v) is 3.04. The second kappa shape index (κ2) is 7.20. The fourth-order valence-electron chi connectivity index (χ4n) is 1.77. The van der Waals surface area contributed by atoms with Gasteiger partial charge in [0.2, 0.25) is 0 Å². The molecule has 0 aliphatic carbocycles. The van der Waals surface area contributed by atoms with Gasteiger partial charge in [-0.05, 0) is 30.2 Å². The first-order valence-electron chi connectivity index (χ1n) is 6.03. The molecule has 0 saturated carbocycles. The van der Waals surface area contributed by atoms with Crippen LogP contribution >= 0.6 is 35.0 Å². The van der Waals surface area contributed by atoms with Crippen molar-refractivity contribution in [3.63, 3.8) is 0 Å². The molecule has 1 unspecified atom stereocenters. The summed E-state index contributed by atoms with van der Waals surface area (Å²) in [6.07, 6.45) is 0.735. The molecule has 0 heterocycles. The lowest BCUT2D eigenvalue weighted by molar-refractivity contribution is 0.749. The third-order valence-electron chi connectivity index (χ3n) is 2.72. The molecule has 0 fully saturated rings. The molecule has 4 heteroatoms. The van der Waals surface area contributed by atoms with Crippen LogP contribution in [0.2, 0.25) is 10.0 Å². The van der Waals surface area contributed by atoms with Crippen molar-refractivity contribution >= 4 is 35.0 Å². The van der Waals surface area contributed by atoms with Gasteiger partial charge in [0, 0.05) is 16.7 Å². The Balaban J connectivity index is 1.91. The van der Waals surface area contributed by atoms with E-state index >= 15 is 0 Å². The van der Waals surface area contributed by atoms with Crippen molar-refractivity contribution < 1.29 is 0 Å². The van der Waals surface area contributed by atoms with Crippen molar-refractivity contribution in [1.29, 1.82) is 0 Å². The summed E-state index contributed by atoms with van der Waals surface area (Å²) in [6.45, 7) is 0. The summed E-state index contributed by atoms with van der Waals surface area (Å²) in [4.78, 5) is 1.23. The summed E-state index contributed by atoms with van der Waals surface area (Å²) in [7, 11) is 0. The molecule has 2 aromatic rings. The molecular weight excluding hydrogens is 297 g/mol. The van der Waals surface area contributed by atoms with E-state index in [9.17, 15) is 0 Å². The Morgan fingerprint density at radius 3 is 2.47 bits per heavy atom. The lowest BCUT2D eigenvalue weighted by Crippen LogP contribution is -2.25. The second-order valence-electron chi connectivity index (χ2n) is 4.30. The van der Waals surface area contributed by atoms with Crippen molar-refractivity contribution in [2.45, 2.75) is 17.4 Å². The number of hydrogen-bond donors (Lipinski definition) is 1. The van der Waals surface area contributed by atoms with Gasteiger partial charge in [-0.25, -0.2) is 0 Å². The summed E-state index contributed by atoms with van der Waals surface area (Å²) in [6, 6.07) is 16.0. The number of halogens is 2. The highest BCUT2D eigenvalue weighted by atomic mass is 35.5. The van der Waals surface area contributed by atoms with E-state index in [0.717, 1.165) is 17.7 Å². The third kappa shape index (κ3) is 4.43. The van der Waals surface area contributed by atoms with Crippen molar-refractivity contribution in [3.8, 4) is 0 Å². The molecule has 100 valence electrons. The van der Waals surface area contributed by atoms with E-state index in [0.29, 0.717) is 10.0 Å². The van der Waals surface area contributed by atoms with E-state index in [1.54, 1.807) is 17.8 Å². The highest BCUT2D eigenvalue weighted by Crippen LogP contribution is 2.27. The third-order valence-corrected chi connectivity index (χ3v) is 4.78. The topological polar surface area (TPSA) is 26.0 Å². The van der Waals surface area contributed by atoms with Crippen molar-refractivity contribution in [2.75, 3.05) is 5.75 Å². The van der Waals surface area contributed by atoms with Crippen molar-refractivity contribution in [3.05, 3.63) is 64.1 Å². The van der Waals surface area contributed by atoms with Crippen LogP contribution in [0, 0.1) is 0 Å². The zero-order valence-corrected chi connectivity index (χ0v) is 12.7. The van der Waals surface area contributed by atoms with Gasteiger partial charge < -0.3 is 5.73 Å². The maximum atomic E-state index is 6.16. The number of nitrogens with two attached hydrogens (primary N) is 1. The lowest BCUT2D eigenvalue weighted by atomic mass is 10.1. The zero-order chi connectivity index (χ0) is 13.7. The number of benzene rings is 2. The molecule has 0 saturated heterocycles. The van der Waals surface area contributed by atoms with Gasteiger partial charge in [-0.2, -0.15) is 0 Å². The molecule has 1 nitrogen and oxygen atoms in total. The minimum absolute atomic E-state index is 0.0566. The molecule has 2 rings (SSSR count). The van der Waals surface area contributed by atoms with Crippen LogP contribution in [-0.2, 0) is 6.42 Å². The van der Waals surface area contributed by atoms with Crippen LogP contribution in [0.15, 0.2) is 53.4 Å². The van der Waals surface area contributed by atoms with Crippen molar-refractivity contribution in [2.24, 2.45) is 5.73 Å². The van der Waals surface area contributed by atoms with Gasteiger partial charge in [0.1, 0.15) is 0 Å². The van der Waals surface area contributed by atoms with Crippen LogP contribution in [-0.4, -0.2) is 11.8 Å². The fraction of sp³-hybridized carbons (Fsp3) is 0.200. The van der Waals surface area contributed by atoms with Gasteiger partial charge in [-0.15, -0.1) is 11.8 Å². The number of thioether (sulfide) groups is 1. The van der Waals surface area contributed by atoms with E-state index in [2.05, 4.69) is 12.1 Å². The van der Waals surface area contributed by atoms with Gasteiger partial charge in [0.15, 0.2) is 0 Å². The molecule has 2 aromatic carbocycles. The molecule has 0 aromatic heterocycles. The maximum absolute atomic E-state index is 6.16. The molecule has 1 atom stereocenters. The average molecular weight is 312 g/mol. The van der Waals surface area contributed by atoms with Gasteiger partial charge in [0.05, 0.1) is 10.0 Å². The lowest BCUT2D eigenvalue weighted by Gasteiger charge is -2.13. The second-order valence-corrected chi connectivity index (χ2v) is 6.18. The summed E-state index contributed by atoms with van der Waals surface area (Å²) in [5.74, 6) is 0.854. The molecule has 0 amide bonds. The van der Waals surface area contributed by atoms with Crippen LogP contribution in [0.3, 0.4) is 0 Å². The summed E-state index contributed by atoms with van der Waals surface area (Å²) < 4.78 is 0. The van der Waals surface area contributed by atoms with Crippen LogP contribution in [0.1, 0.15) is 5.56 Å². The Kier molecular flexibility index (Phi) is 5.59. The molecule has 0 spiro atoms. The first-order valence-corrected chi connectivity index (χ1v) is 7.77. The molecule has 19 heavy (non-hydrogen) atoms. The number of hydrogen-bond acceptors (Lipinski definition) is 2. The van der Waals surface area contributed by atoms with E-state index in [1.807, 2.05) is 30.3 Å². The summed E-state index contributed by atoms with van der Waals surface area (Å²) in [5.41, 5.74) is 7.16. The van der Waals surface area contributed by atoms with Gasteiger partial charge in [-0.3, -0.25) is 0 Å². The Hall–Kier alpha value is -0.670. The predicted octanol–water partition coefficient (Wildman–Crippen LogP) is 4.66. The molecule has 0 bridgehead atoms. The maximum Gasteiger partial charge on any atom is 0.0624 e. The Morgan fingerprint density at radius 1 is 1.00 bits per heavy atom. The van der Waals surface area contributed by atoms with E-state index in [1.165, 1.54) is 4.90 Å². The summed E-state index contributed by atoms with van der Waals surface area (Å²) >= 11 is 13.9. The average Bonchev–Trinajstić information content (AvgIpc) is 2.43. The standard InChI is InChI=1S/C15H15Cl2NS/c16-14-8-4-5-11(15(14)17)9-12(18)10-19-13-6-2-1-3-7-13/h1-8,12H,9-10,18H2. The monoisotopic (exact) mass is 311 g/mol. The Labute approximate surface area is 128 Å². The molecule has 2 N–H and O–H groups in total. The number of rotatable bonds is 5. The normalized spacial score (nSPS) is 12.4. The van der Waals surface area contributed by atoms with Crippen LogP contribution in [0.25, 0.3) is 0 Å².